The SMILES string of the molecule is Cc1nnc2ccc(-c3ccc(NC(=O)c4ccc(N5CCCCC5)nn4)cc3)nn12. The Balaban J connectivity index is 1.27. The lowest BCUT2D eigenvalue weighted by molar-refractivity contribution is 0.102. The summed E-state index contributed by atoms with van der Waals surface area (Å²) in [5, 5.41) is 23.9. The molecule has 1 aliphatic rings. The molecule has 1 aromatic carbocycles. The molecule has 31 heavy (non-hydrogen) atoms. The Kier molecular flexibility index (Phi) is 4.99. The minimum absolute atomic E-state index is 0.287. The molecule has 156 valence electrons. The zero-order valence-corrected chi connectivity index (χ0v) is 17.2. The lowest BCUT2D eigenvalue weighted by atomic mass is 10.1. The fraction of sp³-hybridized carbons (Fsp3) is 0.273. The van der Waals surface area contributed by atoms with Gasteiger partial charge in [0, 0.05) is 24.3 Å². The van der Waals surface area contributed by atoms with Crippen molar-refractivity contribution in [1.82, 2.24) is 30.0 Å². The number of aromatic nitrogens is 6. The van der Waals surface area contributed by atoms with Gasteiger partial charge in [0.1, 0.15) is 0 Å². The Morgan fingerprint density at radius 1 is 0.871 bits per heavy atom. The number of rotatable bonds is 4. The quantitative estimate of drug-likeness (QED) is 0.547. The Hall–Kier alpha value is -3.88. The Morgan fingerprint density at radius 3 is 2.42 bits per heavy atom. The molecule has 9 nitrogen and oxygen atoms in total. The topological polar surface area (TPSA) is 101 Å². The van der Waals surface area contributed by atoms with E-state index in [4.69, 9.17) is 0 Å². The summed E-state index contributed by atoms with van der Waals surface area (Å²) in [5.41, 5.74) is 3.40. The molecule has 0 radical (unpaired) electrons. The van der Waals surface area contributed by atoms with Crippen LogP contribution in [-0.2, 0) is 0 Å². The Bertz CT molecular complexity index is 1210. The van der Waals surface area contributed by atoms with Crippen LogP contribution in [0.1, 0.15) is 35.6 Å². The van der Waals surface area contributed by atoms with Gasteiger partial charge in [-0.15, -0.1) is 20.4 Å². The number of benzene rings is 1. The standard InChI is InChI=1S/C22H22N8O/c1-15-24-27-21-12-9-18(28-30(15)21)16-5-7-17(8-6-16)23-22(31)19-10-11-20(26-25-19)29-13-3-2-4-14-29/h5-12H,2-4,13-14H2,1H3,(H,23,31). The molecule has 1 N–H and O–H groups in total. The van der Waals surface area contributed by atoms with Crippen LogP contribution in [0.3, 0.4) is 0 Å². The maximum Gasteiger partial charge on any atom is 0.276 e. The molecule has 0 aliphatic carbocycles. The molecule has 1 saturated heterocycles. The van der Waals surface area contributed by atoms with Crippen LogP contribution < -0.4 is 10.2 Å². The predicted octanol–water partition coefficient (Wildman–Crippen LogP) is 3.13. The molecule has 3 aromatic heterocycles. The number of carbonyl (C=O) groups excluding carboxylic acids is 1. The van der Waals surface area contributed by atoms with Gasteiger partial charge in [0.2, 0.25) is 0 Å². The van der Waals surface area contributed by atoms with Crippen molar-refractivity contribution in [3.8, 4) is 11.3 Å². The molecule has 9 heteroatoms. The number of aryl methyl sites for hydroxylation is 1. The monoisotopic (exact) mass is 414 g/mol. The van der Waals surface area contributed by atoms with Crippen LogP contribution in [0, 0.1) is 6.92 Å². The van der Waals surface area contributed by atoms with Gasteiger partial charge in [0.15, 0.2) is 23.0 Å². The molecular weight excluding hydrogens is 392 g/mol. The van der Waals surface area contributed by atoms with E-state index < -0.39 is 0 Å². The van der Waals surface area contributed by atoms with Gasteiger partial charge < -0.3 is 10.2 Å². The highest BCUT2D eigenvalue weighted by Crippen LogP contribution is 2.21. The van der Waals surface area contributed by atoms with E-state index in [-0.39, 0.29) is 5.91 Å². The first-order valence-corrected chi connectivity index (χ1v) is 10.4. The smallest absolute Gasteiger partial charge is 0.276 e. The Labute approximate surface area is 179 Å². The van der Waals surface area contributed by atoms with Crippen LogP contribution in [0.25, 0.3) is 16.9 Å². The van der Waals surface area contributed by atoms with Crippen molar-refractivity contribution in [2.24, 2.45) is 0 Å². The van der Waals surface area contributed by atoms with E-state index in [1.54, 1.807) is 10.6 Å². The fourth-order valence-corrected chi connectivity index (χ4v) is 3.71. The van der Waals surface area contributed by atoms with Gasteiger partial charge in [-0.2, -0.15) is 9.61 Å². The average molecular weight is 414 g/mol. The number of carbonyl (C=O) groups is 1. The van der Waals surface area contributed by atoms with Crippen molar-refractivity contribution in [3.05, 3.63) is 60.0 Å². The van der Waals surface area contributed by atoms with E-state index in [1.165, 1.54) is 19.3 Å². The lowest BCUT2D eigenvalue weighted by Crippen LogP contribution is -2.30. The number of fused-ring (bicyclic) bond motifs is 1. The molecule has 0 bridgehead atoms. The second-order valence-corrected chi connectivity index (χ2v) is 7.59. The highest BCUT2D eigenvalue weighted by atomic mass is 16.1. The molecule has 4 heterocycles. The van der Waals surface area contributed by atoms with Crippen LogP contribution in [0.5, 0.6) is 0 Å². The van der Waals surface area contributed by atoms with E-state index >= 15 is 0 Å². The zero-order chi connectivity index (χ0) is 21.2. The van der Waals surface area contributed by atoms with Gasteiger partial charge in [-0.3, -0.25) is 4.79 Å². The number of amides is 1. The maximum atomic E-state index is 12.6. The maximum absolute atomic E-state index is 12.6. The van der Waals surface area contributed by atoms with Crippen LogP contribution in [-0.4, -0.2) is 49.0 Å². The average Bonchev–Trinajstić information content (AvgIpc) is 3.20. The lowest BCUT2D eigenvalue weighted by Gasteiger charge is -2.27. The molecule has 1 aliphatic heterocycles. The van der Waals surface area contributed by atoms with Crippen LogP contribution in [0.15, 0.2) is 48.5 Å². The first-order chi connectivity index (χ1) is 15.2. The molecule has 0 spiro atoms. The summed E-state index contributed by atoms with van der Waals surface area (Å²) in [6.45, 7) is 3.84. The summed E-state index contributed by atoms with van der Waals surface area (Å²) in [5.74, 6) is 1.27. The molecule has 1 amide bonds. The molecule has 0 atom stereocenters. The highest BCUT2D eigenvalue weighted by Gasteiger charge is 2.14. The van der Waals surface area contributed by atoms with Crippen molar-refractivity contribution < 1.29 is 4.79 Å². The molecule has 5 rings (SSSR count). The number of piperidine rings is 1. The van der Waals surface area contributed by atoms with Crippen LogP contribution in [0.4, 0.5) is 11.5 Å². The third-order valence-electron chi connectivity index (χ3n) is 5.42. The van der Waals surface area contributed by atoms with E-state index in [9.17, 15) is 4.79 Å². The summed E-state index contributed by atoms with van der Waals surface area (Å²) in [7, 11) is 0. The van der Waals surface area contributed by atoms with Gasteiger partial charge in [-0.1, -0.05) is 12.1 Å². The van der Waals surface area contributed by atoms with E-state index in [0.29, 0.717) is 17.0 Å². The fourth-order valence-electron chi connectivity index (χ4n) is 3.71. The van der Waals surface area contributed by atoms with Crippen LogP contribution >= 0.6 is 0 Å². The van der Waals surface area contributed by atoms with E-state index in [2.05, 4.69) is 35.7 Å². The number of hydrogen-bond acceptors (Lipinski definition) is 7. The largest absolute Gasteiger partial charge is 0.355 e. The molecule has 4 aromatic rings. The summed E-state index contributed by atoms with van der Waals surface area (Å²) in [6.07, 6.45) is 3.60. The predicted molar refractivity (Wildman–Crippen MR) is 117 cm³/mol. The summed E-state index contributed by atoms with van der Waals surface area (Å²) in [6, 6.07) is 14.9. The molecule has 0 unspecified atom stereocenters. The van der Waals surface area contributed by atoms with Gasteiger partial charge in [0.25, 0.3) is 5.91 Å². The van der Waals surface area contributed by atoms with Crippen LogP contribution in [0.2, 0.25) is 0 Å². The van der Waals surface area contributed by atoms with Crippen molar-refractivity contribution in [1.29, 1.82) is 0 Å². The second kappa shape index (κ2) is 8.10. The normalized spacial score (nSPS) is 14.0. The number of nitrogens with zero attached hydrogens (tertiary/aromatic N) is 7. The summed E-state index contributed by atoms with van der Waals surface area (Å²) in [4.78, 5) is 14.8. The van der Waals surface area contributed by atoms with Gasteiger partial charge in [0.05, 0.1) is 5.69 Å². The van der Waals surface area contributed by atoms with Gasteiger partial charge in [-0.25, -0.2) is 0 Å². The number of anilines is 2. The van der Waals surface area contributed by atoms with Crippen molar-refractivity contribution in [2.75, 3.05) is 23.3 Å². The first-order valence-electron chi connectivity index (χ1n) is 10.4. The molecular formula is C22H22N8O. The minimum atomic E-state index is -0.287. The van der Waals surface area contributed by atoms with Crippen molar-refractivity contribution in [3.63, 3.8) is 0 Å². The second-order valence-electron chi connectivity index (χ2n) is 7.59. The molecule has 1 fully saturated rings. The Morgan fingerprint density at radius 2 is 1.68 bits per heavy atom. The van der Waals surface area contributed by atoms with Gasteiger partial charge >= 0.3 is 0 Å². The zero-order valence-electron chi connectivity index (χ0n) is 17.2. The number of nitrogens with one attached hydrogen (secondary N) is 1. The minimum Gasteiger partial charge on any atom is -0.355 e. The summed E-state index contributed by atoms with van der Waals surface area (Å²) >= 11 is 0. The van der Waals surface area contributed by atoms with E-state index in [0.717, 1.165) is 36.0 Å². The number of hydrogen-bond donors (Lipinski definition) is 1. The third kappa shape index (κ3) is 3.94. The summed E-state index contributed by atoms with van der Waals surface area (Å²) < 4.78 is 1.71. The highest BCUT2D eigenvalue weighted by molar-refractivity contribution is 6.02. The van der Waals surface area contributed by atoms with E-state index in [1.807, 2.05) is 49.4 Å². The third-order valence-corrected chi connectivity index (χ3v) is 5.42. The van der Waals surface area contributed by atoms with Crippen molar-refractivity contribution in [2.45, 2.75) is 26.2 Å². The van der Waals surface area contributed by atoms with Crippen molar-refractivity contribution >= 4 is 23.1 Å². The van der Waals surface area contributed by atoms with Gasteiger partial charge in [-0.05, 0) is 62.6 Å². The first kappa shape index (κ1) is 19.1. The molecule has 0 saturated carbocycles.